The molecule has 1 aliphatic heterocycles. The average molecular weight is 516 g/mol. The molecule has 1 amide bonds. The van der Waals surface area contributed by atoms with Gasteiger partial charge >= 0.3 is 0 Å². The van der Waals surface area contributed by atoms with Crippen LogP contribution in [0.2, 0.25) is 0 Å². The van der Waals surface area contributed by atoms with Gasteiger partial charge in [-0.3, -0.25) is 4.79 Å². The smallest absolute Gasteiger partial charge is 0.257 e. The third-order valence-electron chi connectivity index (χ3n) is 6.58. The first-order valence-corrected chi connectivity index (χ1v) is 13.7. The van der Waals surface area contributed by atoms with E-state index >= 15 is 0 Å². The number of carbonyl (C=O) groups excluding carboxylic acids is 1. The number of amides is 1. The lowest BCUT2D eigenvalue weighted by atomic mass is 10.1. The van der Waals surface area contributed by atoms with E-state index in [1.165, 1.54) is 42.6 Å². The van der Waals surface area contributed by atoms with Crippen LogP contribution in [0.15, 0.2) is 59.9 Å². The summed E-state index contributed by atoms with van der Waals surface area (Å²) < 4.78 is 62.7. The topological polar surface area (TPSA) is 81.5 Å². The van der Waals surface area contributed by atoms with Gasteiger partial charge in [-0.05, 0) is 43.9 Å². The maximum Gasteiger partial charge on any atom is 0.257 e. The Hall–Kier alpha value is -3.11. The Morgan fingerprint density at radius 2 is 1.78 bits per heavy atom. The quantitative estimate of drug-likeness (QED) is 0.428. The summed E-state index contributed by atoms with van der Waals surface area (Å²) >= 11 is 0. The van der Waals surface area contributed by atoms with Crippen molar-refractivity contribution in [2.24, 2.45) is 0 Å². The van der Waals surface area contributed by atoms with E-state index in [2.05, 4.69) is 4.98 Å². The monoisotopic (exact) mass is 515 g/mol. The second kappa shape index (κ2) is 10.1. The molecule has 2 aliphatic rings. The van der Waals surface area contributed by atoms with E-state index in [1.54, 1.807) is 21.6 Å². The second-order valence-electron chi connectivity index (χ2n) is 9.27. The molecule has 0 N–H and O–H groups in total. The highest BCUT2D eigenvalue weighted by atomic mass is 32.2. The number of ether oxygens (including phenoxy) is 1. The molecule has 7 nitrogen and oxygen atoms in total. The van der Waals surface area contributed by atoms with Crippen molar-refractivity contribution in [3.63, 3.8) is 0 Å². The highest BCUT2D eigenvalue weighted by Gasteiger charge is 2.36. The summed E-state index contributed by atoms with van der Waals surface area (Å²) in [4.78, 5) is 19.1. The number of sulfone groups is 1. The first-order valence-electron chi connectivity index (χ1n) is 12.0. The molecule has 36 heavy (non-hydrogen) atoms. The molecule has 2 heterocycles. The first kappa shape index (κ1) is 24.6. The van der Waals surface area contributed by atoms with E-state index in [1.807, 2.05) is 0 Å². The Balaban J connectivity index is 1.48. The van der Waals surface area contributed by atoms with Crippen LogP contribution >= 0.6 is 0 Å². The van der Waals surface area contributed by atoms with Gasteiger partial charge in [0, 0.05) is 18.2 Å². The predicted octanol–water partition coefficient (Wildman–Crippen LogP) is 4.12. The van der Waals surface area contributed by atoms with Crippen LogP contribution < -0.4 is 0 Å². The van der Waals surface area contributed by atoms with Crippen LogP contribution in [0.4, 0.5) is 8.78 Å². The lowest BCUT2D eigenvalue weighted by Crippen LogP contribution is -2.34. The summed E-state index contributed by atoms with van der Waals surface area (Å²) in [5, 5.41) is -0.189. The molecule has 1 aromatic heterocycles. The molecule has 3 aromatic rings. The average Bonchev–Trinajstić information content (AvgIpc) is 3.41. The van der Waals surface area contributed by atoms with Crippen molar-refractivity contribution in [2.75, 3.05) is 6.61 Å². The van der Waals surface area contributed by atoms with E-state index in [0.29, 0.717) is 12.3 Å². The zero-order chi connectivity index (χ0) is 25.3. The maximum atomic E-state index is 14.4. The van der Waals surface area contributed by atoms with Gasteiger partial charge in [-0.25, -0.2) is 22.2 Å². The van der Waals surface area contributed by atoms with Crippen molar-refractivity contribution in [1.82, 2.24) is 14.5 Å². The van der Waals surface area contributed by atoms with E-state index in [-0.39, 0.29) is 41.5 Å². The maximum absolute atomic E-state index is 14.4. The Bertz CT molecular complexity index is 1370. The molecule has 1 saturated heterocycles. The Morgan fingerprint density at radius 3 is 2.44 bits per heavy atom. The SMILES string of the molecule is O=C(c1ccccc1F)N(Cc1cnc(S(=O)(=O)Cc2ccccc2F)n1C[C@@H]1CCCO1)C1CC1. The van der Waals surface area contributed by atoms with Crippen LogP contribution in [-0.2, 0) is 33.4 Å². The van der Waals surface area contributed by atoms with Crippen LogP contribution in [0.3, 0.4) is 0 Å². The van der Waals surface area contributed by atoms with E-state index in [4.69, 9.17) is 4.74 Å². The van der Waals surface area contributed by atoms with Gasteiger partial charge in [-0.15, -0.1) is 0 Å². The summed E-state index contributed by atoms with van der Waals surface area (Å²) in [7, 11) is -4.01. The summed E-state index contributed by atoms with van der Waals surface area (Å²) in [6.45, 7) is 0.909. The Kier molecular flexibility index (Phi) is 6.90. The van der Waals surface area contributed by atoms with Crippen molar-refractivity contribution in [1.29, 1.82) is 0 Å². The summed E-state index contributed by atoms with van der Waals surface area (Å²) in [6, 6.07) is 11.5. The molecule has 10 heteroatoms. The van der Waals surface area contributed by atoms with E-state index in [0.717, 1.165) is 25.7 Å². The van der Waals surface area contributed by atoms with Crippen LogP contribution in [0.25, 0.3) is 0 Å². The number of halogens is 2. The van der Waals surface area contributed by atoms with Gasteiger partial charge in [0.1, 0.15) is 11.6 Å². The number of imidazole rings is 1. The molecular weight excluding hydrogens is 488 g/mol. The van der Waals surface area contributed by atoms with Crippen LogP contribution in [-0.4, -0.2) is 47.5 Å². The first-order chi connectivity index (χ1) is 17.3. The minimum absolute atomic E-state index is 0.0259. The van der Waals surface area contributed by atoms with E-state index in [9.17, 15) is 22.0 Å². The van der Waals surface area contributed by atoms with Crippen LogP contribution in [0.1, 0.15) is 47.3 Å². The largest absolute Gasteiger partial charge is 0.376 e. The van der Waals surface area contributed by atoms with Crippen molar-refractivity contribution < 1.29 is 26.7 Å². The fourth-order valence-corrected chi connectivity index (χ4v) is 6.07. The summed E-state index contributed by atoms with van der Waals surface area (Å²) in [5.41, 5.74) is 0.538. The molecule has 0 spiro atoms. The fraction of sp³-hybridized carbons (Fsp3) is 0.385. The second-order valence-corrected chi connectivity index (χ2v) is 11.2. The number of benzene rings is 2. The summed E-state index contributed by atoms with van der Waals surface area (Å²) in [5.74, 6) is -2.19. The molecule has 5 rings (SSSR count). The molecule has 0 bridgehead atoms. The van der Waals surface area contributed by atoms with Gasteiger partial charge in [0.2, 0.25) is 15.0 Å². The lowest BCUT2D eigenvalue weighted by molar-refractivity contribution is 0.0713. The molecule has 1 aliphatic carbocycles. The highest BCUT2D eigenvalue weighted by Crippen LogP contribution is 2.31. The third-order valence-corrected chi connectivity index (χ3v) is 8.15. The number of rotatable bonds is 9. The van der Waals surface area contributed by atoms with Crippen LogP contribution in [0.5, 0.6) is 0 Å². The van der Waals surface area contributed by atoms with Gasteiger partial charge in [-0.2, -0.15) is 0 Å². The molecule has 2 fully saturated rings. The third kappa shape index (κ3) is 5.19. The number of aromatic nitrogens is 2. The molecule has 1 saturated carbocycles. The minimum atomic E-state index is -4.01. The van der Waals surface area contributed by atoms with Crippen molar-refractivity contribution in [3.8, 4) is 0 Å². The zero-order valence-corrected chi connectivity index (χ0v) is 20.5. The molecule has 1 atom stereocenters. The number of nitrogens with zero attached hydrogens (tertiary/aromatic N) is 3. The van der Waals surface area contributed by atoms with Gasteiger partial charge in [0.25, 0.3) is 5.91 Å². The van der Waals surface area contributed by atoms with Gasteiger partial charge in [0.15, 0.2) is 0 Å². The molecule has 190 valence electrons. The van der Waals surface area contributed by atoms with Crippen molar-refractivity contribution >= 4 is 15.7 Å². The zero-order valence-electron chi connectivity index (χ0n) is 19.6. The van der Waals surface area contributed by atoms with Crippen molar-refractivity contribution in [2.45, 2.75) is 61.8 Å². The van der Waals surface area contributed by atoms with Gasteiger partial charge in [-0.1, -0.05) is 30.3 Å². The fourth-order valence-electron chi connectivity index (χ4n) is 4.56. The normalized spacial score (nSPS) is 17.9. The number of hydrogen-bond donors (Lipinski definition) is 0. The van der Waals surface area contributed by atoms with Crippen LogP contribution in [0, 0.1) is 11.6 Å². The van der Waals surface area contributed by atoms with Gasteiger partial charge < -0.3 is 14.2 Å². The minimum Gasteiger partial charge on any atom is -0.376 e. The predicted molar refractivity (Wildman–Crippen MR) is 128 cm³/mol. The van der Waals surface area contributed by atoms with E-state index < -0.39 is 33.1 Å². The number of hydrogen-bond acceptors (Lipinski definition) is 5. The standard InChI is InChI=1S/C26H27F2N3O4S/c27-23-9-3-1-6-18(23)17-36(33,34)26-29-14-20(31(26)16-21-7-5-13-35-21)15-30(19-11-12-19)25(32)22-8-2-4-10-24(22)28/h1-4,6,8-10,14,19,21H,5,7,11-13,15-17H2/t21-/m0/s1. The Morgan fingerprint density at radius 1 is 1.06 bits per heavy atom. The van der Waals surface area contributed by atoms with Crippen molar-refractivity contribution in [3.05, 3.63) is 83.2 Å². The molecule has 0 unspecified atom stereocenters. The molecule has 0 radical (unpaired) electrons. The molecule has 2 aromatic carbocycles. The Labute approximate surface area is 208 Å². The number of carbonyl (C=O) groups is 1. The summed E-state index contributed by atoms with van der Waals surface area (Å²) in [6.07, 6.45) is 4.46. The lowest BCUT2D eigenvalue weighted by Gasteiger charge is -2.24. The van der Waals surface area contributed by atoms with Gasteiger partial charge in [0.05, 0.1) is 42.4 Å². The highest BCUT2D eigenvalue weighted by molar-refractivity contribution is 7.90. The molecular formula is C26H27F2N3O4S.